The predicted octanol–water partition coefficient (Wildman–Crippen LogP) is 0.900. The normalized spacial score (nSPS) is 34.1. The third-order valence-electron chi connectivity index (χ3n) is 4.20. The van der Waals surface area contributed by atoms with E-state index >= 15 is 0 Å². The zero-order valence-electron chi connectivity index (χ0n) is 11.8. The molecule has 3 unspecified atom stereocenters. The third-order valence-corrected chi connectivity index (χ3v) is 6.46. The summed E-state index contributed by atoms with van der Waals surface area (Å²) in [6, 6.07) is -0.126. The van der Waals surface area contributed by atoms with Gasteiger partial charge < -0.3 is 4.90 Å². The number of unbranched alkanes of at least 4 members (excludes halogenated alkanes) is 1. The van der Waals surface area contributed by atoms with Crippen molar-refractivity contribution in [1.82, 2.24) is 10.2 Å². The highest BCUT2D eigenvalue weighted by Gasteiger charge is 2.40. The average Bonchev–Trinajstić information content (AvgIpc) is 2.81. The molecule has 6 heteroatoms. The maximum Gasteiger partial charge on any atom is 0.241 e. The second-order valence-corrected chi connectivity index (χ2v) is 8.06. The fraction of sp³-hybridized carbons (Fsp3) is 0.923. The largest absolute Gasteiger partial charge is 0.325 e. The van der Waals surface area contributed by atoms with E-state index in [1.807, 2.05) is 6.92 Å². The maximum atomic E-state index is 12.3. The van der Waals surface area contributed by atoms with Crippen LogP contribution in [0.25, 0.3) is 0 Å². The number of rotatable bonds is 5. The van der Waals surface area contributed by atoms with Crippen molar-refractivity contribution in [2.75, 3.05) is 12.3 Å². The van der Waals surface area contributed by atoms with Gasteiger partial charge in [-0.25, -0.2) is 8.42 Å². The molecule has 5 nitrogen and oxygen atoms in total. The zero-order chi connectivity index (χ0) is 14.0. The Morgan fingerprint density at radius 1 is 1.42 bits per heavy atom. The van der Waals surface area contributed by atoms with E-state index in [2.05, 4.69) is 12.2 Å². The fourth-order valence-electron chi connectivity index (χ4n) is 2.99. The second kappa shape index (κ2) is 5.79. The van der Waals surface area contributed by atoms with Crippen molar-refractivity contribution in [2.45, 2.75) is 63.4 Å². The molecule has 0 spiro atoms. The Hall–Kier alpha value is -0.620. The number of nitrogens with one attached hydrogen (secondary N) is 1. The van der Waals surface area contributed by atoms with Crippen LogP contribution < -0.4 is 5.32 Å². The van der Waals surface area contributed by atoms with E-state index in [1.165, 1.54) is 0 Å². The van der Waals surface area contributed by atoms with Crippen LogP contribution in [0.1, 0.15) is 46.0 Å². The molecule has 2 fully saturated rings. The van der Waals surface area contributed by atoms with E-state index in [0.29, 0.717) is 13.0 Å². The molecule has 2 aliphatic heterocycles. The van der Waals surface area contributed by atoms with Gasteiger partial charge in [-0.05, 0) is 26.2 Å². The quantitative estimate of drug-likeness (QED) is 0.816. The lowest BCUT2D eigenvalue weighted by atomic mass is 10.1. The van der Waals surface area contributed by atoms with Gasteiger partial charge in [-0.15, -0.1) is 0 Å². The first-order valence-corrected chi connectivity index (χ1v) is 8.95. The number of carbonyl (C=O) groups is 1. The first-order chi connectivity index (χ1) is 8.95. The minimum absolute atomic E-state index is 0.0508. The minimum atomic E-state index is -2.98. The lowest BCUT2D eigenvalue weighted by Gasteiger charge is -2.23. The van der Waals surface area contributed by atoms with Crippen molar-refractivity contribution in [3.63, 3.8) is 0 Å². The van der Waals surface area contributed by atoms with Gasteiger partial charge in [0.25, 0.3) is 0 Å². The number of nitrogens with zero attached hydrogens (tertiary/aromatic N) is 1. The SMILES string of the molecule is CCCCC1NC(C)N(CC2CCCS2(=O)=O)C1=O. The lowest BCUT2D eigenvalue weighted by Crippen LogP contribution is -2.41. The molecule has 19 heavy (non-hydrogen) atoms. The summed E-state index contributed by atoms with van der Waals surface area (Å²) in [5.41, 5.74) is 0. The molecular weight excluding hydrogens is 264 g/mol. The van der Waals surface area contributed by atoms with Gasteiger partial charge >= 0.3 is 0 Å². The molecular formula is C13H24N2O3S. The fourth-order valence-corrected chi connectivity index (χ4v) is 4.81. The van der Waals surface area contributed by atoms with E-state index in [0.717, 1.165) is 25.7 Å². The average molecular weight is 288 g/mol. The van der Waals surface area contributed by atoms with E-state index in [1.54, 1.807) is 4.90 Å². The van der Waals surface area contributed by atoms with E-state index in [9.17, 15) is 13.2 Å². The smallest absolute Gasteiger partial charge is 0.241 e. The molecule has 1 N–H and O–H groups in total. The highest BCUT2D eigenvalue weighted by Crippen LogP contribution is 2.24. The van der Waals surface area contributed by atoms with Crippen LogP contribution in [0.5, 0.6) is 0 Å². The summed E-state index contributed by atoms with van der Waals surface area (Å²) in [6.07, 6.45) is 4.30. The number of carbonyl (C=O) groups excluding carboxylic acids is 1. The Morgan fingerprint density at radius 2 is 2.16 bits per heavy atom. The summed E-state index contributed by atoms with van der Waals surface area (Å²) >= 11 is 0. The molecule has 0 radical (unpaired) electrons. The van der Waals surface area contributed by atoms with Gasteiger partial charge in [0.15, 0.2) is 9.84 Å². The summed E-state index contributed by atoms with van der Waals surface area (Å²) in [7, 11) is -2.98. The third kappa shape index (κ3) is 3.11. The molecule has 0 aliphatic carbocycles. The number of sulfone groups is 1. The number of amides is 1. The van der Waals surface area contributed by atoms with Gasteiger partial charge in [-0.1, -0.05) is 19.8 Å². The van der Waals surface area contributed by atoms with Gasteiger partial charge in [-0.2, -0.15) is 0 Å². The summed E-state index contributed by atoms with van der Waals surface area (Å²) in [5.74, 6) is 0.351. The second-order valence-electron chi connectivity index (χ2n) is 5.66. The predicted molar refractivity (Wildman–Crippen MR) is 74.4 cm³/mol. The molecule has 0 aromatic heterocycles. The van der Waals surface area contributed by atoms with Gasteiger partial charge in [0, 0.05) is 6.54 Å². The van der Waals surface area contributed by atoms with Crippen molar-refractivity contribution < 1.29 is 13.2 Å². The van der Waals surface area contributed by atoms with Crippen LogP contribution in [-0.2, 0) is 14.6 Å². The number of hydrogen-bond donors (Lipinski definition) is 1. The summed E-state index contributed by atoms with van der Waals surface area (Å²) in [5, 5.41) is 2.92. The molecule has 2 aliphatic rings. The maximum absolute atomic E-state index is 12.3. The van der Waals surface area contributed by atoms with Crippen molar-refractivity contribution in [3.8, 4) is 0 Å². The zero-order valence-corrected chi connectivity index (χ0v) is 12.6. The van der Waals surface area contributed by atoms with Crippen LogP contribution in [0.3, 0.4) is 0 Å². The Labute approximate surface area is 115 Å². The Bertz CT molecular complexity index is 435. The molecule has 0 bridgehead atoms. The van der Waals surface area contributed by atoms with Gasteiger partial charge in [0.2, 0.25) is 5.91 Å². The van der Waals surface area contributed by atoms with Crippen molar-refractivity contribution in [3.05, 3.63) is 0 Å². The molecule has 2 heterocycles. The van der Waals surface area contributed by atoms with E-state index in [-0.39, 0.29) is 29.1 Å². The van der Waals surface area contributed by atoms with Gasteiger partial charge in [-0.3, -0.25) is 10.1 Å². The van der Waals surface area contributed by atoms with Crippen molar-refractivity contribution in [1.29, 1.82) is 0 Å². The standard InChI is InChI=1S/C13H24N2O3S/c1-3-4-7-12-13(16)15(10(2)14-12)9-11-6-5-8-19(11,17)18/h10-12,14H,3-9H2,1-2H3. The van der Waals surface area contributed by atoms with Crippen molar-refractivity contribution in [2.24, 2.45) is 0 Å². The number of hydrogen-bond acceptors (Lipinski definition) is 4. The minimum Gasteiger partial charge on any atom is -0.325 e. The topological polar surface area (TPSA) is 66.5 Å². The van der Waals surface area contributed by atoms with Crippen LogP contribution >= 0.6 is 0 Å². The Kier molecular flexibility index (Phi) is 4.50. The first-order valence-electron chi connectivity index (χ1n) is 7.24. The van der Waals surface area contributed by atoms with Gasteiger partial charge in [0.05, 0.1) is 23.2 Å². The van der Waals surface area contributed by atoms with Crippen LogP contribution in [0.15, 0.2) is 0 Å². The van der Waals surface area contributed by atoms with Gasteiger partial charge in [0.1, 0.15) is 0 Å². The van der Waals surface area contributed by atoms with E-state index in [4.69, 9.17) is 0 Å². The van der Waals surface area contributed by atoms with E-state index < -0.39 is 9.84 Å². The van der Waals surface area contributed by atoms with Crippen LogP contribution in [-0.4, -0.2) is 49.0 Å². The molecule has 110 valence electrons. The highest BCUT2D eigenvalue weighted by atomic mass is 32.2. The summed E-state index contributed by atoms with van der Waals surface area (Å²) < 4.78 is 23.7. The molecule has 2 saturated heterocycles. The highest BCUT2D eigenvalue weighted by molar-refractivity contribution is 7.92. The Morgan fingerprint density at radius 3 is 2.74 bits per heavy atom. The lowest BCUT2D eigenvalue weighted by molar-refractivity contribution is -0.130. The first kappa shape index (κ1) is 14.8. The molecule has 0 aromatic rings. The molecule has 2 rings (SSSR count). The van der Waals surface area contributed by atoms with Crippen LogP contribution in [0, 0.1) is 0 Å². The summed E-state index contributed by atoms with van der Waals surface area (Å²) in [6.45, 7) is 4.40. The molecule has 0 aromatic carbocycles. The molecule has 0 saturated carbocycles. The van der Waals surface area contributed by atoms with Crippen molar-refractivity contribution >= 4 is 15.7 Å². The molecule has 3 atom stereocenters. The summed E-state index contributed by atoms with van der Waals surface area (Å²) in [4.78, 5) is 14.0. The van der Waals surface area contributed by atoms with Crippen LogP contribution in [0.4, 0.5) is 0 Å². The molecule has 1 amide bonds. The monoisotopic (exact) mass is 288 g/mol. The Balaban J connectivity index is 1.99. The van der Waals surface area contributed by atoms with Crippen LogP contribution in [0.2, 0.25) is 0 Å².